The van der Waals surface area contributed by atoms with Crippen LogP contribution in [0.25, 0.3) is 0 Å². The number of halogens is 1. The van der Waals surface area contributed by atoms with Crippen LogP contribution in [0, 0.1) is 0 Å². The molecule has 0 spiro atoms. The molecule has 5 heteroatoms. The van der Waals surface area contributed by atoms with Crippen LogP contribution in [-0.4, -0.2) is 24.7 Å². The molecule has 0 heterocycles. The van der Waals surface area contributed by atoms with Crippen molar-refractivity contribution in [2.75, 3.05) is 19.0 Å². The van der Waals surface area contributed by atoms with E-state index in [1.54, 1.807) is 13.2 Å². The van der Waals surface area contributed by atoms with Crippen molar-refractivity contribution in [3.63, 3.8) is 0 Å². The normalized spacial score (nSPS) is 9.62. The first-order chi connectivity index (χ1) is 7.54. The van der Waals surface area contributed by atoms with Crippen molar-refractivity contribution in [1.29, 1.82) is 0 Å². The number of nitrogens with one attached hydrogen (secondary N) is 1. The van der Waals surface area contributed by atoms with Crippen LogP contribution in [0.3, 0.4) is 0 Å². The summed E-state index contributed by atoms with van der Waals surface area (Å²) in [6.45, 7) is 3.60. The second-order valence-electron chi connectivity index (χ2n) is 3.11. The van der Waals surface area contributed by atoms with E-state index >= 15 is 0 Å². The van der Waals surface area contributed by atoms with Crippen molar-refractivity contribution in [3.05, 3.63) is 34.8 Å². The molecule has 0 atom stereocenters. The fourth-order valence-corrected chi connectivity index (χ4v) is 1.46. The van der Waals surface area contributed by atoms with Crippen molar-refractivity contribution in [3.8, 4) is 5.75 Å². The number of rotatable bonds is 5. The number of anilines is 1. The van der Waals surface area contributed by atoms with Crippen molar-refractivity contribution >= 4 is 27.6 Å². The average Bonchev–Trinajstić information content (AvgIpc) is 2.25. The van der Waals surface area contributed by atoms with E-state index in [2.05, 4.69) is 27.8 Å². The molecule has 0 saturated heterocycles. The summed E-state index contributed by atoms with van der Waals surface area (Å²) in [6.07, 6.45) is 0. The third-order valence-corrected chi connectivity index (χ3v) is 2.45. The Kier molecular flexibility index (Phi) is 4.37. The lowest BCUT2D eigenvalue weighted by Gasteiger charge is -2.11. The zero-order valence-electron chi connectivity index (χ0n) is 8.79. The van der Waals surface area contributed by atoms with Gasteiger partial charge in [0.05, 0.1) is 12.8 Å². The molecule has 0 unspecified atom stereocenters. The summed E-state index contributed by atoms with van der Waals surface area (Å²) >= 11 is 3.33. The van der Waals surface area contributed by atoms with Gasteiger partial charge in [0, 0.05) is 16.6 Å². The monoisotopic (exact) mass is 285 g/mol. The molecule has 1 rings (SSSR count). The zero-order valence-corrected chi connectivity index (χ0v) is 10.4. The maximum atomic E-state index is 10.6. The van der Waals surface area contributed by atoms with Gasteiger partial charge in [0.1, 0.15) is 5.75 Å². The van der Waals surface area contributed by atoms with Gasteiger partial charge >= 0.3 is 5.97 Å². The molecule has 0 saturated carbocycles. The highest BCUT2D eigenvalue weighted by atomic mass is 79.9. The topological polar surface area (TPSA) is 58.6 Å². The standard InChI is InChI=1S/C11H12BrNO3/c1-7(11(14)15)6-13-9-5-8(12)3-4-10(9)16-2/h3-5,13H,1,6H2,2H3,(H,14,15). The summed E-state index contributed by atoms with van der Waals surface area (Å²) in [5, 5.41) is 11.6. The molecule has 4 nitrogen and oxygen atoms in total. The van der Waals surface area contributed by atoms with E-state index in [1.807, 2.05) is 12.1 Å². The number of carboxylic acid groups (broad SMARTS) is 1. The van der Waals surface area contributed by atoms with Crippen LogP contribution in [0.15, 0.2) is 34.8 Å². The largest absolute Gasteiger partial charge is 0.495 e. The molecule has 16 heavy (non-hydrogen) atoms. The van der Waals surface area contributed by atoms with Crippen LogP contribution in [0.4, 0.5) is 5.69 Å². The Morgan fingerprint density at radius 3 is 2.88 bits per heavy atom. The van der Waals surface area contributed by atoms with Crippen LogP contribution in [0.1, 0.15) is 0 Å². The number of hydrogen-bond donors (Lipinski definition) is 2. The molecule has 86 valence electrons. The van der Waals surface area contributed by atoms with Crippen molar-refractivity contribution in [2.24, 2.45) is 0 Å². The first-order valence-electron chi connectivity index (χ1n) is 4.53. The lowest BCUT2D eigenvalue weighted by atomic mass is 10.2. The molecular weight excluding hydrogens is 274 g/mol. The Hall–Kier alpha value is -1.49. The van der Waals surface area contributed by atoms with E-state index in [0.717, 1.165) is 10.2 Å². The summed E-state index contributed by atoms with van der Waals surface area (Å²) in [7, 11) is 1.56. The van der Waals surface area contributed by atoms with Gasteiger partial charge < -0.3 is 15.2 Å². The zero-order chi connectivity index (χ0) is 12.1. The second-order valence-corrected chi connectivity index (χ2v) is 4.02. The minimum absolute atomic E-state index is 0.0991. The number of carboxylic acids is 1. The third-order valence-electron chi connectivity index (χ3n) is 1.96. The highest BCUT2D eigenvalue weighted by molar-refractivity contribution is 9.10. The smallest absolute Gasteiger partial charge is 0.332 e. The van der Waals surface area contributed by atoms with Gasteiger partial charge in [0.2, 0.25) is 0 Å². The Bertz CT molecular complexity index is 418. The minimum atomic E-state index is -1.01. The van der Waals surface area contributed by atoms with Crippen molar-refractivity contribution in [1.82, 2.24) is 0 Å². The van der Waals surface area contributed by atoms with Crippen molar-refractivity contribution in [2.45, 2.75) is 0 Å². The number of ether oxygens (including phenoxy) is 1. The van der Waals surface area contributed by atoms with Crippen LogP contribution in [0.5, 0.6) is 5.75 Å². The molecular formula is C11H12BrNO3. The molecule has 0 aliphatic heterocycles. The molecule has 0 radical (unpaired) electrons. The second kappa shape index (κ2) is 5.55. The first-order valence-corrected chi connectivity index (χ1v) is 5.32. The summed E-state index contributed by atoms with van der Waals surface area (Å²) < 4.78 is 6.02. The summed E-state index contributed by atoms with van der Waals surface area (Å²) in [5.41, 5.74) is 0.821. The summed E-state index contributed by atoms with van der Waals surface area (Å²) in [6, 6.07) is 5.44. The number of methoxy groups -OCH3 is 1. The Balaban J connectivity index is 2.76. The number of benzene rings is 1. The molecule has 1 aromatic rings. The Morgan fingerprint density at radius 2 is 2.31 bits per heavy atom. The average molecular weight is 286 g/mol. The van der Waals surface area contributed by atoms with E-state index < -0.39 is 5.97 Å². The molecule has 0 aliphatic rings. The van der Waals surface area contributed by atoms with E-state index in [4.69, 9.17) is 9.84 Å². The lowest BCUT2D eigenvalue weighted by molar-refractivity contribution is -0.132. The van der Waals surface area contributed by atoms with Crippen molar-refractivity contribution < 1.29 is 14.6 Å². The summed E-state index contributed by atoms with van der Waals surface area (Å²) in [4.78, 5) is 10.6. The number of carbonyl (C=O) groups is 1. The third kappa shape index (κ3) is 3.27. The molecule has 1 aromatic carbocycles. The quantitative estimate of drug-likeness (QED) is 0.817. The molecule has 0 bridgehead atoms. The fraction of sp³-hybridized carbons (Fsp3) is 0.182. The van der Waals surface area contributed by atoms with Gasteiger partial charge in [0.25, 0.3) is 0 Å². The van der Waals surface area contributed by atoms with Crippen LogP contribution in [-0.2, 0) is 4.79 Å². The number of aliphatic carboxylic acids is 1. The van der Waals surface area contributed by atoms with Crippen LogP contribution >= 0.6 is 15.9 Å². The van der Waals surface area contributed by atoms with Crippen LogP contribution < -0.4 is 10.1 Å². The maximum absolute atomic E-state index is 10.6. The van der Waals surface area contributed by atoms with E-state index in [0.29, 0.717) is 5.75 Å². The highest BCUT2D eigenvalue weighted by Gasteiger charge is 2.06. The Labute approximate surface area is 102 Å². The van der Waals surface area contributed by atoms with Gasteiger partial charge in [-0.3, -0.25) is 0 Å². The predicted molar refractivity (Wildman–Crippen MR) is 66.0 cm³/mol. The predicted octanol–water partition coefficient (Wildman–Crippen LogP) is 2.51. The van der Waals surface area contributed by atoms with E-state index in [9.17, 15) is 4.79 Å². The SMILES string of the molecule is C=C(CNc1cc(Br)ccc1OC)C(=O)O. The van der Waals surface area contributed by atoms with Crippen LogP contribution in [0.2, 0.25) is 0 Å². The maximum Gasteiger partial charge on any atom is 0.332 e. The Morgan fingerprint density at radius 1 is 1.62 bits per heavy atom. The fourth-order valence-electron chi connectivity index (χ4n) is 1.10. The number of hydrogen-bond acceptors (Lipinski definition) is 3. The minimum Gasteiger partial charge on any atom is -0.495 e. The molecule has 0 amide bonds. The molecule has 0 fully saturated rings. The van der Waals surface area contributed by atoms with Gasteiger partial charge in [-0.25, -0.2) is 4.79 Å². The molecule has 0 aromatic heterocycles. The highest BCUT2D eigenvalue weighted by Crippen LogP contribution is 2.27. The lowest BCUT2D eigenvalue weighted by Crippen LogP contribution is -2.11. The molecule has 2 N–H and O–H groups in total. The van der Waals surface area contributed by atoms with E-state index in [-0.39, 0.29) is 12.1 Å². The van der Waals surface area contributed by atoms with Gasteiger partial charge in [-0.15, -0.1) is 0 Å². The van der Waals surface area contributed by atoms with Gasteiger partial charge in [0.15, 0.2) is 0 Å². The van der Waals surface area contributed by atoms with Gasteiger partial charge in [-0.2, -0.15) is 0 Å². The first kappa shape index (κ1) is 12.6. The van der Waals surface area contributed by atoms with Gasteiger partial charge in [-0.1, -0.05) is 22.5 Å². The van der Waals surface area contributed by atoms with E-state index in [1.165, 1.54) is 0 Å². The van der Waals surface area contributed by atoms with Gasteiger partial charge in [-0.05, 0) is 18.2 Å². The summed E-state index contributed by atoms with van der Waals surface area (Å²) in [5.74, 6) is -0.358. The molecule has 0 aliphatic carbocycles.